The molecule has 0 N–H and O–H groups in total. The number of nitrogens with zero attached hydrogens (tertiary/aromatic N) is 2. The molecule has 3 aromatic rings. The average Bonchev–Trinajstić information content (AvgIpc) is 2.86. The fourth-order valence-electron chi connectivity index (χ4n) is 2.18. The van der Waals surface area contributed by atoms with Gasteiger partial charge in [-0.05, 0) is 17.7 Å². The lowest BCUT2D eigenvalue weighted by Gasteiger charge is -2.17. The van der Waals surface area contributed by atoms with Crippen LogP contribution in [-0.4, -0.2) is 19.1 Å². The molecule has 0 fully saturated rings. The van der Waals surface area contributed by atoms with Gasteiger partial charge in [-0.2, -0.15) is 0 Å². The van der Waals surface area contributed by atoms with Crippen molar-refractivity contribution < 1.29 is 4.42 Å². The Morgan fingerprint density at radius 3 is 2.50 bits per heavy atom. The monoisotopic (exact) mass is 238 g/mol. The molecule has 0 aliphatic heterocycles. The molecule has 1 heterocycles. The zero-order valence-electron chi connectivity index (χ0n) is 10.4. The van der Waals surface area contributed by atoms with Crippen molar-refractivity contribution in [3.8, 4) is 11.1 Å². The van der Waals surface area contributed by atoms with E-state index in [0.717, 1.165) is 27.9 Å². The van der Waals surface area contributed by atoms with E-state index >= 15 is 0 Å². The van der Waals surface area contributed by atoms with E-state index in [1.807, 2.05) is 38.4 Å². The Labute approximate surface area is 106 Å². The summed E-state index contributed by atoms with van der Waals surface area (Å²) in [5.74, 6) is 0. The maximum atomic E-state index is 5.39. The van der Waals surface area contributed by atoms with Gasteiger partial charge in [-0.1, -0.05) is 30.3 Å². The largest absolute Gasteiger partial charge is 0.443 e. The number of oxazole rings is 1. The summed E-state index contributed by atoms with van der Waals surface area (Å²) in [5.41, 5.74) is 5.14. The molecule has 3 nitrogen and oxygen atoms in total. The van der Waals surface area contributed by atoms with Crippen molar-refractivity contribution >= 4 is 16.8 Å². The van der Waals surface area contributed by atoms with Crippen LogP contribution < -0.4 is 4.90 Å². The minimum atomic E-state index is 0.819. The van der Waals surface area contributed by atoms with E-state index in [4.69, 9.17) is 4.42 Å². The lowest BCUT2D eigenvalue weighted by molar-refractivity contribution is 0.602. The fraction of sp³-hybridized carbons (Fsp3) is 0.133. The van der Waals surface area contributed by atoms with Crippen LogP contribution in [0, 0.1) is 0 Å². The fourth-order valence-corrected chi connectivity index (χ4v) is 2.18. The normalized spacial score (nSPS) is 10.8. The molecular weight excluding hydrogens is 224 g/mol. The summed E-state index contributed by atoms with van der Waals surface area (Å²) < 4.78 is 5.39. The maximum Gasteiger partial charge on any atom is 0.182 e. The minimum Gasteiger partial charge on any atom is -0.443 e. The number of rotatable bonds is 2. The summed E-state index contributed by atoms with van der Waals surface area (Å²) in [6.45, 7) is 0. The first-order chi connectivity index (χ1) is 8.77. The first-order valence-corrected chi connectivity index (χ1v) is 5.86. The topological polar surface area (TPSA) is 29.3 Å². The smallest absolute Gasteiger partial charge is 0.182 e. The van der Waals surface area contributed by atoms with Crippen molar-refractivity contribution in [1.29, 1.82) is 0 Å². The van der Waals surface area contributed by atoms with Gasteiger partial charge >= 0.3 is 0 Å². The second kappa shape index (κ2) is 4.18. The number of aromatic nitrogens is 1. The predicted octanol–water partition coefficient (Wildman–Crippen LogP) is 3.56. The molecule has 0 aliphatic carbocycles. The Morgan fingerprint density at radius 1 is 1.00 bits per heavy atom. The molecule has 0 aliphatic rings. The summed E-state index contributed by atoms with van der Waals surface area (Å²) in [6.07, 6.45) is 1.50. The van der Waals surface area contributed by atoms with Crippen LogP contribution in [0.25, 0.3) is 22.2 Å². The highest BCUT2D eigenvalue weighted by atomic mass is 16.3. The van der Waals surface area contributed by atoms with Crippen LogP contribution in [0.1, 0.15) is 0 Å². The second-order valence-electron chi connectivity index (χ2n) is 4.42. The summed E-state index contributed by atoms with van der Waals surface area (Å²) in [5, 5.41) is 0. The molecule has 0 radical (unpaired) electrons. The van der Waals surface area contributed by atoms with E-state index in [2.05, 4.69) is 28.1 Å². The number of benzene rings is 2. The molecule has 3 heteroatoms. The molecule has 0 amide bonds. The van der Waals surface area contributed by atoms with Gasteiger partial charge < -0.3 is 9.32 Å². The Hall–Kier alpha value is -2.29. The Kier molecular flexibility index (Phi) is 2.52. The van der Waals surface area contributed by atoms with Gasteiger partial charge in [0.05, 0.1) is 0 Å². The quantitative estimate of drug-likeness (QED) is 0.683. The predicted molar refractivity (Wildman–Crippen MR) is 73.8 cm³/mol. The number of hydrogen-bond donors (Lipinski definition) is 0. The lowest BCUT2D eigenvalue weighted by Crippen LogP contribution is -2.10. The third-order valence-corrected chi connectivity index (χ3v) is 3.02. The van der Waals surface area contributed by atoms with Gasteiger partial charge in [0.25, 0.3) is 0 Å². The maximum absolute atomic E-state index is 5.39. The zero-order valence-corrected chi connectivity index (χ0v) is 10.4. The molecule has 3 rings (SSSR count). The second-order valence-corrected chi connectivity index (χ2v) is 4.42. The van der Waals surface area contributed by atoms with Crippen LogP contribution in [0.15, 0.2) is 53.3 Å². The highest BCUT2D eigenvalue weighted by molar-refractivity contribution is 5.98. The van der Waals surface area contributed by atoms with Crippen molar-refractivity contribution in [2.24, 2.45) is 0 Å². The average molecular weight is 238 g/mol. The number of anilines is 1. The molecule has 0 unspecified atom stereocenters. The molecule has 0 saturated heterocycles. The van der Waals surface area contributed by atoms with Crippen molar-refractivity contribution in [3.63, 3.8) is 0 Å². The van der Waals surface area contributed by atoms with E-state index in [1.54, 1.807) is 0 Å². The Morgan fingerprint density at radius 2 is 1.78 bits per heavy atom. The lowest BCUT2D eigenvalue weighted by atomic mass is 10.0. The van der Waals surface area contributed by atoms with E-state index in [1.165, 1.54) is 6.39 Å². The third-order valence-electron chi connectivity index (χ3n) is 3.02. The van der Waals surface area contributed by atoms with E-state index in [0.29, 0.717) is 0 Å². The molecular formula is C15H14N2O. The van der Waals surface area contributed by atoms with Gasteiger partial charge in [0.1, 0.15) is 5.52 Å². The standard InChI is InChI=1S/C15H14N2O/c1-17(2)12-8-9-13-15(16-10-18-13)14(12)11-6-4-3-5-7-11/h3-10H,1-2H3. The van der Waals surface area contributed by atoms with Crippen LogP contribution >= 0.6 is 0 Å². The molecule has 90 valence electrons. The van der Waals surface area contributed by atoms with Gasteiger partial charge in [-0.15, -0.1) is 0 Å². The highest BCUT2D eigenvalue weighted by Gasteiger charge is 2.13. The van der Waals surface area contributed by atoms with Crippen LogP contribution in [0.3, 0.4) is 0 Å². The van der Waals surface area contributed by atoms with Crippen molar-refractivity contribution in [1.82, 2.24) is 4.98 Å². The molecule has 2 aromatic carbocycles. The summed E-state index contributed by atoms with van der Waals surface area (Å²) in [4.78, 5) is 6.44. The van der Waals surface area contributed by atoms with Crippen molar-refractivity contribution in [2.75, 3.05) is 19.0 Å². The molecule has 0 saturated carbocycles. The van der Waals surface area contributed by atoms with Gasteiger partial charge in [0, 0.05) is 25.3 Å². The van der Waals surface area contributed by atoms with Gasteiger partial charge in [0.2, 0.25) is 0 Å². The Bertz CT molecular complexity index is 671. The summed E-state index contributed by atoms with van der Waals surface area (Å²) in [6, 6.07) is 14.3. The molecule has 0 atom stereocenters. The SMILES string of the molecule is CN(C)c1ccc2ocnc2c1-c1ccccc1. The molecule has 18 heavy (non-hydrogen) atoms. The number of fused-ring (bicyclic) bond motifs is 1. The molecule has 0 spiro atoms. The van der Waals surface area contributed by atoms with Crippen molar-refractivity contribution in [3.05, 3.63) is 48.9 Å². The van der Waals surface area contributed by atoms with Gasteiger partial charge in [-0.3, -0.25) is 0 Å². The van der Waals surface area contributed by atoms with Crippen LogP contribution in [0.2, 0.25) is 0 Å². The third kappa shape index (κ3) is 1.64. The molecule has 1 aromatic heterocycles. The summed E-state index contributed by atoms with van der Waals surface area (Å²) >= 11 is 0. The van der Waals surface area contributed by atoms with Crippen molar-refractivity contribution in [2.45, 2.75) is 0 Å². The van der Waals surface area contributed by atoms with Crippen LogP contribution in [-0.2, 0) is 0 Å². The van der Waals surface area contributed by atoms with Gasteiger partial charge in [-0.25, -0.2) is 4.98 Å². The van der Waals surface area contributed by atoms with Gasteiger partial charge in [0.15, 0.2) is 12.0 Å². The van der Waals surface area contributed by atoms with Crippen LogP contribution in [0.5, 0.6) is 0 Å². The minimum absolute atomic E-state index is 0.819. The van der Waals surface area contributed by atoms with E-state index in [-0.39, 0.29) is 0 Å². The highest BCUT2D eigenvalue weighted by Crippen LogP contribution is 2.35. The van der Waals surface area contributed by atoms with Crippen LogP contribution in [0.4, 0.5) is 5.69 Å². The first kappa shape index (κ1) is 10.8. The zero-order chi connectivity index (χ0) is 12.5. The number of hydrogen-bond acceptors (Lipinski definition) is 3. The molecule has 0 bridgehead atoms. The van der Waals surface area contributed by atoms with E-state index in [9.17, 15) is 0 Å². The van der Waals surface area contributed by atoms with E-state index < -0.39 is 0 Å². The first-order valence-electron chi connectivity index (χ1n) is 5.86. The summed E-state index contributed by atoms with van der Waals surface area (Å²) in [7, 11) is 4.07. The Balaban J connectivity index is 2.36.